The molecule has 0 radical (unpaired) electrons. The van der Waals surface area contributed by atoms with Crippen molar-refractivity contribution in [1.82, 2.24) is 9.88 Å². The Labute approximate surface area is 101 Å². The molecule has 1 rings (SSSR count). The van der Waals surface area contributed by atoms with Gasteiger partial charge in [0.1, 0.15) is 0 Å². The summed E-state index contributed by atoms with van der Waals surface area (Å²) >= 11 is 0. The van der Waals surface area contributed by atoms with Crippen LogP contribution in [0.2, 0.25) is 0 Å². The molecule has 0 bridgehead atoms. The highest BCUT2D eigenvalue weighted by atomic mass is 16.5. The fraction of sp³-hybridized carbons (Fsp3) is 0.455. The molecule has 17 heavy (non-hydrogen) atoms. The van der Waals surface area contributed by atoms with E-state index >= 15 is 0 Å². The van der Waals surface area contributed by atoms with Crippen molar-refractivity contribution in [2.45, 2.75) is 6.92 Å². The first kappa shape index (κ1) is 13.4. The number of nitrogens with one attached hydrogen (secondary N) is 1. The van der Waals surface area contributed by atoms with Crippen molar-refractivity contribution in [1.29, 1.82) is 0 Å². The van der Waals surface area contributed by atoms with Crippen LogP contribution in [-0.2, 0) is 4.74 Å². The average Bonchev–Trinajstić information content (AvgIpc) is 2.39. The minimum absolute atomic E-state index is 0.0834. The topological polar surface area (TPSA) is 80.5 Å². The first-order valence-corrected chi connectivity index (χ1v) is 5.43. The van der Waals surface area contributed by atoms with Gasteiger partial charge in [0, 0.05) is 26.4 Å². The molecule has 0 saturated heterocycles. The maximum atomic E-state index is 12.2. The fourth-order valence-corrected chi connectivity index (χ4v) is 1.47. The standard InChI is InChI=1S/C11H18N4O2/c1-3-15(6-7-17-2)11(16)9-4-5-13-8-10(9)14-12/h4-5,8,14H,3,6-7,12H2,1-2H3. The minimum Gasteiger partial charge on any atom is -0.383 e. The summed E-state index contributed by atoms with van der Waals surface area (Å²) in [7, 11) is 1.61. The van der Waals surface area contributed by atoms with Crippen LogP contribution < -0.4 is 11.3 Å². The van der Waals surface area contributed by atoms with Gasteiger partial charge < -0.3 is 15.1 Å². The monoisotopic (exact) mass is 238 g/mol. The quantitative estimate of drug-likeness (QED) is 0.556. The van der Waals surface area contributed by atoms with Crippen LogP contribution in [0.5, 0.6) is 0 Å². The van der Waals surface area contributed by atoms with Gasteiger partial charge in [-0.05, 0) is 13.0 Å². The van der Waals surface area contributed by atoms with Gasteiger partial charge in [-0.2, -0.15) is 0 Å². The lowest BCUT2D eigenvalue weighted by Gasteiger charge is -2.21. The van der Waals surface area contributed by atoms with Gasteiger partial charge in [-0.1, -0.05) is 0 Å². The molecule has 1 amide bonds. The Bertz CT molecular complexity index is 370. The smallest absolute Gasteiger partial charge is 0.256 e. The molecule has 0 aromatic carbocycles. The van der Waals surface area contributed by atoms with Crippen LogP contribution in [0.25, 0.3) is 0 Å². The van der Waals surface area contributed by atoms with E-state index in [0.29, 0.717) is 30.9 Å². The van der Waals surface area contributed by atoms with Gasteiger partial charge >= 0.3 is 0 Å². The molecule has 6 nitrogen and oxygen atoms in total. The molecule has 0 spiro atoms. The van der Waals surface area contributed by atoms with Crippen LogP contribution in [-0.4, -0.2) is 42.6 Å². The summed E-state index contributed by atoms with van der Waals surface area (Å²) in [6.45, 7) is 3.60. The number of nitrogens with zero attached hydrogens (tertiary/aromatic N) is 2. The number of hydrazine groups is 1. The zero-order valence-electron chi connectivity index (χ0n) is 10.1. The number of methoxy groups -OCH3 is 1. The molecule has 0 saturated carbocycles. The van der Waals surface area contributed by atoms with E-state index in [1.807, 2.05) is 6.92 Å². The highest BCUT2D eigenvalue weighted by Gasteiger charge is 2.16. The summed E-state index contributed by atoms with van der Waals surface area (Å²) < 4.78 is 4.97. The normalized spacial score (nSPS) is 10.1. The molecule has 1 aromatic heterocycles. The second kappa shape index (κ2) is 6.82. The number of nitrogens with two attached hydrogens (primary N) is 1. The number of pyridine rings is 1. The van der Waals surface area contributed by atoms with Gasteiger partial charge in [0.15, 0.2) is 0 Å². The van der Waals surface area contributed by atoms with E-state index in [-0.39, 0.29) is 5.91 Å². The van der Waals surface area contributed by atoms with Crippen LogP contribution in [0.4, 0.5) is 5.69 Å². The Morgan fingerprint density at radius 1 is 1.65 bits per heavy atom. The van der Waals surface area contributed by atoms with Crippen molar-refractivity contribution < 1.29 is 9.53 Å². The summed E-state index contributed by atoms with van der Waals surface area (Å²) in [5.41, 5.74) is 3.51. The van der Waals surface area contributed by atoms with Gasteiger partial charge in [-0.25, -0.2) is 0 Å². The van der Waals surface area contributed by atoms with Crippen molar-refractivity contribution in [3.8, 4) is 0 Å². The molecule has 6 heteroatoms. The lowest BCUT2D eigenvalue weighted by atomic mass is 10.2. The van der Waals surface area contributed by atoms with Crippen molar-refractivity contribution in [2.24, 2.45) is 5.84 Å². The van der Waals surface area contributed by atoms with E-state index in [0.717, 1.165) is 0 Å². The Morgan fingerprint density at radius 2 is 2.41 bits per heavy atom. The third-order valence-electron chi connectivity index (χ3n) is 2.44. The Hall–Kier alpha value is -1.66. The third kappa shape index (κ3) is 3.40. The molecular formula is C11H18N4O2. The van der Waals surface area contributed by atoms with E-state index in [2.05, 4.69) is 10.4 Å². The second-order valence-corrected chi connectivity index (χ2v) is 3.44. The predicted molar refractivity (Wildman–Crippen MR) is 65.5 cm³/mol. The Balaban J connectivity index is 2.85. The van der Waals surface area contributed by atoms with Gasteiger partial charge in [0.25, 0.3) is 5.91 Å². The van der Waals surface area contributed by atoms with Crippen molar-refractivity contribution in [2.75, 3.05) is 32.2 Å². The lowest BCUT2D eigenvalue weighted by molar-refractivity contribution is 0.0707. The first-order chi connectivity index (χ1) is 8.24. The highest BCUT2D eigenvalue weighted by Crippen LogP contribution is 2.14. The number of likely N-dealkylation sites (N-methyl/N-ethyl adjacent to an activating group) is 1. The summed E-state index contributed by atoms with van der Waals surface area (Å²) in [5, 5.41) is 0. The fourth-order valence-electron chi connectivity index (χ4n) is 1.47. The molecule has 94 valence electrons. The molecule has 0 aliphatic rings. The van der Waals surface area contributed by atoms with E-state index in [1.165, 1.54) is 6.20 Å². The molecule has 0 aliphatic carbocycles. The molecule has 0 unspecified atom stereocenters. The van der Waals surface area contributed by atoms with Crippen molar-refractivity contribution in [3.05, 3.63) is 24.0 Å². The van der Waals surface area contributed by atoms with E-state index in [4.69, 9.17) is 10.6 Å². The average molecular weight is 238 g/mol. The molecule has 0 fully saturated rings. The molecule has 0 aliphatic heterocycles. The number of aromatic nitrogens is 1. The van der Waals surface area contributed by atoms with Crippen LogP contribution >= 0.6 is 0 Å². The first-order valence-electron chi connectivity index (χ1n) is 5.43. The maximum Gasteiger partial charge on any atom is 0.256 e. The number of hydrogen-bond acceptors (Lipinski definition) is 5. The van der Waals surface area contributed by atoms with E-state index in [1.54, 1.807) is 24.3 Å². The molecule has 3 N–H and O–H groups in total. The number of hydrogen-bond donors (Lipinski definition) is 2. The molecule has 1 heterocycles. The molecule has 1 aromatic rings. The summed E-state index contributed by atoms with van der Waals surface area (Å²) in [6, 6.07) is 1.65. The minimum atomic E-state index is -0.0834. The van der Waals surface area contributed by atoms with E-state index < -0.39 is 0 Å². The highest BCUT2D eigenvalue weighted by molar-refractivity contribution is 5.99. The second-order valence-electron chi connectivity index (χ2n) is 3.44. The molecule has 0 atom stereocenters. The van der Waals surface area contributed by atoms with Crippen molar-refractivity contribution in [3.63, 3.8) is 0 Å². The lowest BCUT2D eigenvalue weighted by Crippen LogP contribution is -2.34. The van der Waals surface area contributed by atoms with E-state index in [9.17, 15) is 4.79 Å². The van der Waals surface area contributed by atoms with Crippen LogP contribution in [0.1, 0.15) is 17.3 Å². The number of rotatable bonds is 6. The van der Waals surface area contributed by atoms with Crippen molar-refractivity contribution >= 4 is 11.6 Å². The third-order valence-corrected chi connectivity index (χ3v) is 2.44. The van der Waals surface area contributed by atoms with Gasteiger partial charge in [0.05, 0.1) is 24.1 Å². The number of carbonyl (C=O) groups excluding carboxylic acids is 1. The van der Waals surface area contributed by atoms with Crippen LogP contribution in [0.15, 0.2) is 18.5 Å². The van der Waals surface area contributed by atoms with Gasteiger partial charge in [-0.15, -0.1) is 0 Å². The van der Waals surface area contributed by atoms with Gasteiger partial charge in [0.2, 0.25) is 0 Å². The number of ether oxygens (including phenoxy) is 1. The zero-order valence-corrected chi connectivity index (χ0v) is 10.1. The number of carbonyl (C=O) groups is 1. The van der Waals surface area contributed by atoms with Crippen LogP contribution in [0, 0.1) is 0 Å². The SMILES string of the molecule is CCN(CCOC)C(=O)c1ccncc1NN. The zero-order chi connectivity index (χ0) is 12.7. The number of anilines is 1. The molecular weight excluding hydrogens is 220 g/mol. The predicted octanol–water partition coefficient (Wildman–Crippen LogP) is 0.476. The maximum absolute atomic E-state index is 12.2. The number of amides is 1. The summed E-state index contributed by atoms with van der Waals surface area (Å²) in [4.78, 5) is 17.8. The summed E-state index contributed by atoms with van der Waals surface area (Å²) in [5.74, 6) is 5.26. The Morgan fingerprint density at radius 3 is 3.00 bits per heavy atom. The van der Waals surface area contributed by atoms with Crippen LogP contribution in [0.3, 0.4) is 0 Å². The summed E-state index contributed by atoms with van der Waals surface area (Å²) in [6.07, 6.45) is 3.09. The largest absolute Gasteiger partial charge is 0.383 e. The number of nitrogen functional groups attached to an aromatic ring is 1. The van der Waals surface area contributed by atoms with Gasteiger partial charge in [-0.3, -0.25) is 15.6 Å². The Kier molecular flexibility index (Phi) is 5.38.